The van der Waals surface area contributed by atoms with E-state index >= 15 is 0 Å². The van der Waals surface area contributed by atoms with E-state index in [1.54, 1.807) is 6.92 Å². The van der Waals surface area contributed by atoms with Gasteiger partial charge >= 0.3 is 0 Å². The van der Waals surface area contributed by atoms with Crippen LogP contribution in [0, 0.1) is 11.6 Å². The molecule has 1 aromatic heterocycles. The normalized spacial score (nSPS) is 12.9. The lowest BCUT2D eigenvalue weighted by Crippen LogP contribution is -2.26. The number of nitrogens with zero attached hydrogens (tertiary/aromatic N) is 2. The lowest BCUT2D eigenvalue weighted by atomic mass is 10.1. The van der Waals surface area contributed by atoms with E-state index in [1.807, 2.05) is 6.92 Å². The first kappa shape index (κ1) is 11.7. The van der Waals surface area contributed by atoms with Gasteiger partial charge in [0, 0.05) is 5.39 Å². The summed E-state index contributed by atoms with van der Waals surface area (Å²) in [7, 11) is 0. The molecular formula is C12H12F2N2O. The second-order valence-corrected chi connectivity index (χ2v) is 3.98. The molecular weight excluding hydrogens is 226 g/mol. The van der Waals surface area contributed by atoms with E-state index in [2.05, 4.69) is 5.10 Å². The van der Waals surface area contributed by atoms with Crippen LogP contribution in [0.25, 0.3) is 10.8 Å². The molecule has 0 amide bonds. The van der Waals surface area contributed by atoms with Gasteiger partial charge in [0.1, 0.15) is 0 Å². The average Bonchev–Trinajstić information content (AvgIpc) is 2.33. The molecule has 0 saturated carbocycles. The van der Waals surface area contributed by atoms with Crippen LogP contribution in [0.1, 0.15) is 26.3 Å². The number of rotatable bonds is 2. The van der Waals surface area contributed by atoms with E-state index in [-0.39, 0.29) is 11.4 Å². The SMILES string of the molecule is CCC(C)n1ncc2ccc(F)c(F)c2c1=O. The third kappa shape index (κ3) is 1.81. The van der Waals surface area contributed by atoms with Gasteiger partial charge in [0.25, 0.3) is 5.56 Å². The Morgan fingerprint density at radius 2 is 2.12 bits per heavy atom. The lowest BCUT2D eigenvalue weighted by Gasteiger charge is -2.12. The summed E-state index contributed by atoms with van der Waals surface area (Å²) in [6, 6.07) is 2.20. The molecule has 0 aliphatic carbocycles. The van der Waals surface area contributed by atoms with Crippen molar-refractivity contribution in [3.05, 3.63) is 40.3 Å². The zero-order valence-electron chi connectivity index (χ0n) is 9.58. The second kappa shape index (κ2) is 4.24. The van der Waals surface area contributed by atoms with Crippen molar-refractivity contribution in [2.24, 2.45) is 0 Å². The molecule has 5 heteroatoms. The molecule has 1 unspecified atom stereocenters. The Labute approximate surface area is 96.7 Å². The first-order valence-corrected chi connectivity index (χ1v) is 5.41. The summed E-state index contributed by atoms with van der Waals surface area (Å²) in [6.45, 7) is 3.70. The zero-order chi connectivity index (χ0) is 12.6. The van der Waals surface area contributed by atoms with E-state index in [4.69, 9.17) is 0 Å². The van der Waals surface area contributed by atoms with Crippen LogP contribution in [-0.2, 0) is 0 Å². The molecule has 0 saturated heterocycles. The predicted molar refractivity (Wildman–Crippen MR) is 60.9 cm³/mol. The molecule has 0 bridgehead atoms. The lowest BCUT2D eigenvalue weighted by molar-refractivity contribution is 0.454. The molecule has 2 rings (SSSR count). The highest BCUT2D eigenvalue weighted by Crippen LogP contribution is 2.17. The molecule has 0 aliphatic rings. The number of aromatic nitrogens is 2. The minimum Gasteiger partial charge on any atom is -0.267 e. The van der Waals surface area contributed by atoms with Crippen molar-refractivity contribution >= 4 is 10.8 Å². The maximum atomic E-state index is 13.6. The van der Waals surface area contributed by atoms with Gasteiger partial charge < -0.3 is 0 Å². The molecule has 1 atom stereocenters. The van der Waals surface area contributed by atoms with Gasteiger partial charge in [-0.1, -0.05) is 6.92 Å². The molecule has 0 aliphatic heterocycles. The molecule has 2 aromatic rings. The van der Waals surface area contributed by atoms with Crippen molar-refractivity contribution in [1.82, 2.24) is 9.78 Å². The fourth-order valence-corrected chi connectivity index (χ4v) is 1.67. The topological polar surface area (TPSA) is 34.9 Å². The Kier molecular flexibility index (Phi) is 2.92. The Morgan fingerprint density at radius 3 is 2.76 bits per heavy atom. The summed E-state index contributed by atoms with van der Waals surface area (Å²) >= 11 is 0. The molecule has 17 heavy (non-hydrogen) atoms. The van der Waals surface area contributed by atoms with Crippen LogP contribution in [0.15, 0.2) is 23.1 Å². The molecule has 0 spiro atoms. The maximum absolute atomic E-state index is 13.6. The Balaban J connectivity index is 2.83. The standard InChI is InChI=1S/C12H12F2N2O/c1-3-7(2)16-12(17)10-8(6-15-16)4-5-9(13)11(10)14/h4-7H,3H2,1-2H3. The molecule has 3 nitrogen and oxygen atoms in total. The highest BCUT2D eigenvalue weighted by Gasteiger charge is 2.15. The second-order valence-electron chi connectivity index (χ2n) is 3.98. The van der Waals surface area contributed by atoms with Crippen LogP contribution in [0.2, 0.25) is 0 Å². The van der Waals surface area contributed by atoms with Gasteiger partial charge in [0.15, 0.2) is 11.6 Å². The zero-order valence-corrected chi connectivity index (χ0v) is 9.58. The minimum atomic E-state index is -1.10. The van der Waals surface area contributed by atoms with Crippen LogP contribution in [0.3, 0.4) is 0 Å². The summed E-state index contributed by atoms with van der Waals surface area (Å²) in [6.07, 6.45) is 2.07. The number of hydrogen-bond donors (Lipinski definition) is 0. The molecule has 1 aromatic carbocycles. The van der Waals surface area contributed by atoms with Gasteiger partial charge in [-0.05, 0) is 25.5 Å². The number of halogens is 2. The van der Waals surface area contributed by atoms with Gasteiger partial charge in [-0.3, -0.25) is 4.79 Å². The number of benzene rings is 1. The number of hydrogen-bond acceptors (Lipinski definition) is 2. The van der Waals surface area contributed by atoms with E-state index in [0.717, 1.165) is 6.07 Å². The van der Waals surface area contributed by atoms with E-state index in [1.165, 1.54) is 16.9 Å². The monoisotopic (exact) mass is 238 g/mol. The summed E-state index contributed by atoms with van der Waals surface area (Å²) in [5, 5.41) is 4.04. The van der Waals surface area contributed by atoms with Gasteiger partial charge in [0.2, 0.25) is 0 Å². The Morgan fingerprint density at radius 1 is 1.41 bits per heavy atom. The fraction of sp³-hybridized carbons (Fsp3) is 0.333. The quantitative estimate of drug-likeness (QED) is 0.806. The first-order valence-electron chi connectivity index (χ1n) is 5.41. The smallest absolute Gasteiger partial charge is 0.267 e. The van der Waals surface area contributed by atoms with Gasteiger partial charge in [0.05, 0.1) is 17.6 Å². The van der Waals surface area contributed by atoms with Crippen molar-refractivity contribution in [2.45, 2.75) is 26.3 Å². The van der Waals surface area contributed by atoms with E-state index < -0.39 is 17.2 Å². The number of fused-ring (bicyclic) bond motifs is 1. The summed E-state index contributed by atoms with van der Waals surface area (Å²) in [4.78, 5) is 12.0. The Bertz CT molecular complexity index is 622. The van der Waals surface area contributed by atoms with E-state index in [9.17, 15) is 13.6 Å². The van der Waals surface area contributed by atoms with Crippen molar-refractivity contribution in [3.63, 3.8) is 0 Å². The third-order valence-electron chi connectivity index (χ3n) is 2.88. The molecule has 90 valence electrons. The Hall–Kier alpha value is -1.78. The molecule has 0 N–H and O–H groups in total. The maximum Gasteiger partial charge on any atom is 0.277 e. The summed E-state index contributed by atoms with van der Waals surface area (Å²) in [5.74, 6) is -2.12. The van der Waals surface area contributed by atoms with Gasteiger partial charge in [-0.2, -0.15) is 5.10 Å². The summed E-state index contributed by atoms with van der Waals surface area (Å²) in [5.41, 5.74) is -0.589. The molecule has 1 heterocycles. The van der Waals surface area contributed by atoms with Crippen LogP contribution in [-0.4, -0.2) is 9.78 Å². The van der Waals surface area contributed by atoms with Crippen LogP contribution in [0.4, 0.5) is 8.78 Å². The molecule has 0 radical (unpaired) electrons. The summed E-state index contributed by atoms with van der Waals surface area (Å²) < 4.78 is 27.9. The van der Waals surface area contributed by atoms with E-state index in [0.29, 0.717) is 11.8 Å². The average molecular weight is 238 g/mol. The minimum absolute atomic E-state index is 0.144. The largest absolute Gasteiger partial charge is 0.277 e. The van der Waals surface area contributed by atoms with Gasteiger partial charge in [-0.25, -0.2) is 13.5 Å². The fourth-order valence-electron chi connectivity index (χ4n) is 1.67. The van der Waals surface area contributed by atoms with Crippen molar-refractivity contribution in [3.8, 4) is 0 Å². The van der Waals surface area contributed by atoms with Crippen LogP contribution >= 0.6 is 0 Å². The van der Waals surface area contributed by atoms with Crippen LogP contribution in [0.5, 0.6) is 0 Å². The molecule has 0 fully saturated rings. The van der Waals surface area contributed by atoms with Gasteiger partial charge in [-0.15, -0.1) is 0 Å². The highest BCUT2D eigenvalue weighted by atomic mass is 19.2. The van der Waals surface area contributed by atoms with Crippen molar-refractivity contribution in [2.75, 3.05) is 0 Å². The first-order chi connectivity index (χ1) is 8.06. The van der Waals surface area contributed by atoms with Crippen molar-refractivity contribution < 1.29 is 8.78 Å². The van der Waals surface area contributed by atoms with Crippen molar-refractivity contribution in [1.29, 1.82) is 0 Å². The predicted octanol–water partition coefficient (Wildman–Crippen LogP) is 2.65. The van der Waals surface area contributed by atoms with Crippen LogP contribution < -0.4 is 5.56 Å². The highest BCUT2D eigenvalue weighted by molar-refractivity contribution is 5.81. The third-order valence-corrected chi connectivity index (χ3v) is 2.88.